The molecule has 1 saturated carbocycles. The van der Waals surface area contributed by atoms with Crippen molar-refractivity contribution in [3.8, 4) is 0 Å². The van der Waals surface area contributed by atoms with Crippen molar-refractivity contribution in [1.82, 2.24) is 4.90 Å². The first-order chi connectivity index (χ1) is 9.44. The second-order valence-corrected chi connectivity index (χ2v) is 7.80. The minimum Gasteiger partial charge on any atom is -0.292 e. The van der Waals surface area contributed by atoms with E-state index in [0.717, 1.165) is 12.5 Å². The predicted molar refractivity (Wildman–Crippen MR) is 79.8 cm³/mol. The van der Waals surface area contributed by atoms with Crippen molar-refractivity contribution in [2.24, 2.45) is 0 Å². The Kier molecular flexibility index (Phi) is 3.89. The summed E-state index contributed by atoms with van der Waals surface area (Å²) in [6, 6.07) is 2.30. The van der Waals surface area contributed by atoms with Gasteiger partial charge in [-0.25, -0.2) is 8.78 Å². The fourth-order valence-electron chi connectivity index (χ4n) is 3.12. The quantitative estimate of drug-likeness (QED) is 0.758. The largest absolute Gasteiger partial charge is 0.292 e. The number of piperidine rings is 1. The van der Waals surface area contributed by atoms with Gasteiger partial charge in [-0.15, -0.1) is 11.3 Å². The maximum atomic E-state index is 13.5. The van der Waals surface area contributed by atoms with E-state index in [1.165, 1.54) is 28.2 Å². The molecule has 1 aromatic heterocycles. The van der Waals surface area contributed by atoms with Gasteiger partial charge in [-0.1, -0.05) is 13.8 Å². The average Bonchev–Trinajstić information content (AvgIpc) is 3.09. The smallest absolute Gasteiger partial charge is 0.260 e. The highest BCUT2D eigenvalue weighted by atomic mass is 32.1. The molecule has 1 aliphatic carbocycles. The van der Waals surface area contributed by atoms with Gasteiger partial charge >= 0.3 is 0 Å². The van der Waals surface area contributed by atoms with E-state index < -0.39 is 5.92 Å². The third kappa shape index (κ3) is 3.22. The fourth-order valence-corrected chi connectivity index (χ4v) is 4.41. The van der Waals surface area contributed by atoms with Gasteiger partial charge in [0.05, 0.1) is 6.54 Å². The number of alkyl halides is 2. The maximum absolute atomic E-state index is 13.5. The Bertz CT molecular complexity index is 457. The summed E-state index contributed by atoms with van der Waals surface area (Å²) >= 11 is 1.84. The van der Waals surface area contributed by atoms with E-state index in [-0.39, 0.29) is 13.0 Å². The molecule has 2 fully saturated rings. The van der Waals surface area contributed by atoms with Crippen LogP contribution in [0.15, 0.2) is 6.07 Å². The number of thiophene rings is 1. The summed E-state index contributed by atoms with van der Waals surface area (Å²) in [6.07, 6.45) is 3.28. The van der Waals surface area contributed by atoms with Gasteiger partial charge in [0, 0.05) is 22.7 Å². The molecule has 0 spiro atoms. The third-order valence-electron chi connectivity index (χ3n) is 4.23. The molecule has 4 heteroatoms. The molecule has 0 radical (unpaired) electrons. The first-order valence-corrected chi connectivity index (χ1v) is 8.49. The van der Waals surface area contributed by atoms with Crippen molar-refractivity contribution in [3.63, 3.8) is 0 Å². The van der Waals surface area contributed by atoms with Crippen LogP contribution in [0.5, 0.6) is 0 Å². The van der Waals surface area contributed by atoms with Crippen LogP contribution >= 0.6 is 11.3 Å². The zero-order chi connectivity index (χ0) is 14.3. The van der Waals surface area contributed by atoms with Crippen LogP contribution < -0.4 is 0 Å². The summed E-state index contributed by atoms with van der Waals surface area (Å²) in [5, 5.41) is 0. The van der Waals surface area contributed by atoms with Gasteiger partial charge in [-0.05, 0) is 49.3 Å². The van der Waals surface area contributed by atoms with Crippen molar-refractivity contribution in [2.75, 3.05) is 13.1 Å². The molecule has 1 nitrogen and oxygen atoms in total. The summed E-state index contributed by atoms with van der Waals surface area (Å²) < 4.78 is 26.9. The lowest BCUT2D eigenvalue weighted by molar-refractivity contribution is -0.0658. The van der Waals surface area contributed by atoms with Crippen LogP contribution in [0.1, 0.15) is 66.7 Å². The molecule has 1 aromatic rings. The summed E-state index contributed by atoms with van der Waals surface area (Å²) in [5.41, 5.74) is 1.50. The van der Waals surface area contributed by atoms with Crippen molar-refractivity contribution < 1.29 is 8.78 Å². The van der Waals surface area contributed by atoms with Crippen molar-refractivity contribution in [3.05, 3.63) is 21.4 Å². The van der Waals surface area contributed by atoms with Crippen LogP contribution in [0.4, 0.5) is 8.78 Å². The lowest BCUT2D eigenvalue weighted by atomic mass is 10.0. The third-order valence-corrected chi connectivity index (χ3v) is 5.67. The maximum Gasteiger partial charge on any atom is 0.260 e. The topological polar surface area (TPSA) is 3.24 Å². The molecular weight excluding hydrogens is 276 g/mol. The number of hydrogen-bond acceptors (Lipinski definition) is 2. The van der Waals surface area contributed by atoms with Gasteiger partial charge in [0.1, 0.15) is 0 Å². The molecule has 0 atom stereocenters. The molecule has 0 amide bonds. The molecule has 2 aliphatic rings. The Morgan fingerprint density at radius 3 is 2.75 bits per heavy atom. The molecule has 20 heavy (non-hydrogen) atoms. The van der Waals surface area contributed by atoms with Gasteiger partial charge in [-0.2, -0.15) is 0 Å². The molecule has 0 N–H and O–H groups in total. The van der Waals surface area contributed by atoms with Crippen LogP contribution in [-0.2, 0) is 6.54 Å². The Hall–Kier alpha value is -0.480. The molecule has 1 aliphatic heterocycles. The minimum absolute atomic E-state index is 0.0541. The molecular formula is C16H23F2NS. The van der Waals surface area contributed by atoms with E-state index in [9.17, 15) is 8.78 Å². The monoisotopic (exact) mass is 299 g/mol. The molecule has 112 valence electrons. The number of rotatable bonds is 4. The molecule has 0 aromatic carbocycles. The van der Waals surface area contributed by atoms with Crippen LogP contribution in [0.3, 0.4) is 0 Å². The van der Waals surface area contributed by atoms with E-state index in [4.69, 9.17) is 0 Å². The van der Waals surface area contributed by atoms with E-state index in [1.54, 1.807) is 0 Å². The van der Waals surface area contributed by atoms with E-state index >= 15 is 0 Å². The van der Waals surface area contributed by atoms with Gasteiger partial charge in [0.25, 0.3) is 5.92 Å². The Morgan fingerprint density at radius 2 is 2.15 bits per heavy atom. The summed E-state index contributed by atoms with van der Waals surface area (Å²) in [7, 11) is 0. The van der Waals surface area contributed by atoms with Crippen molar-refractivity contribution in [1.29, 1.82) is 0 Å². The first-order valence-electron chi connectivity index (χ1n) is 7.67. The van der Waals surface area contributed by atoms with Crippen molar-refractivity contribution >= 4 is 11.3 Å². The van der Waals surface area contributed by atoms with E-state index in [1.807, 2.05) is 16.2 Å². The SMILES string of the molecule is CC(C)c1sc(CN2CCCC(F)(F)C2)cc1C1CC1. The zero-order valence-corrected chi connectivity index (χ0v) is 13.1. The van der Waals surface area contributed by atoms with Gasteiger partial charge < -0.3 is 0 Å². The zero-order valence-electron chi connectivity index (χ0n) is 12.3. The summed E-state index contributed by atoms with van der Waals surface area (Å²) in [6.45, 7) is 5.91. The molecule has 1 saturated heterocycles. The second kappa shape index (κ2) is 5.38. The summed E-state index contributed by atoms with van der Waals surface area (Å²) in [4.78, 5) is 4.68. The molecule has 0 bridgehead atoms. The lowest BCUT2D eigenvalue weighted by Gasteiger charge is -2.31. The number of hydrogen-bond donors (Lipinski definition) is 0. The summed E-state index contributed by atoms with van der Waals surface area (Å²) in [5.74, 6) is -1.19. The van der Waals surface area contributed by atoms with Crippen LogP contribution in [0, 0.1) is 0 Å². The fraction of sp³-hybridized carbons (Fsp3) is 0.750. The highest BCUT2D eigenvalue weighted by Crippen LogP contribution is 2.46. The average molecular weight is 299 g/mol. The van der Waals surface area contributed by atoms with Gasteiger partial charge in [0.15, 0.2) is 0 Å². The minimum atomic E-state index is -2.49. The number of nitrogens with zero attached hydrogens (tertiary/aromatic N) is 1. The number of halogens is 2. The normalized spacial score (nSPS) is 23.4. The second-order valence-electron chi connectivity index (χ2n) is 6.63. The molecule has 2 heterocycles. The van der Waals surface area contributed by atoms with Crippen LogP contribution in [0.25, 0.3) is 0 Å². The highest BCUT2D eigenvalue weighted by Gasteiger charge is 2.35. The Balaban J connectivity index is 1.72. The lowest BCUT2D eigenvalue weighted by Crippen LogP contribution is -2.41. The molecule has 0 unspecified atom stereocenters. The van der Waals surface area contributed by atoms with Gasteiger partial charge in [0.2, 0.25) is 0 Å². The first kappa shape index (κ1) is 14.5. The van der Waals surface area contributed by atoms with E-state index in [2.05, 4.69) is 19.9 Å². The van der Waals surface area contributed by atoms with Crippen LogP contribution in [-0.4, -0.2) is 23.9 Å². The van der Waals surface area contributed by atoms with Crippen molar-refractivity contribution in [2.45, 2.75) is 63.8 Å². The van der Waals surface area contributed by atoms with E-state index in [0.29, 0.717) is 18.9 Å². The molecule has 3 rings (SSSR count). The predicted octanol–water partition coefficient (Wildman–Crippen LogP) is 4.98. The van der Waals surface area contributed by atoms with Gasteiger partial charge in [-0.3, -0.25) is 4.90 Å². The number of likely N-dealkylation sites (tertiary alicyclic amines) is 1. The highest BCUT2D eigenvalue weighted by molar-refractivity contribution is 7.12. The Labute approximate surface area is 124 Å². The standard InChI is InChI=1S/C16H23F2NS/c1-11(2)15-14(12-4-5-12)8-13(20-15)9-19-7-3-6-16(17,18)10-19/h8,11-12H,3-7,9-10H2,1-2H3. The Morgan fingerprint density at radius 1 is 1.40 bits per heavy atom. The van der Waals surface area contributed by atoms with Crippen LogP contribution in [0.2, 0.25) is 0 Å².